The van der Waals surface area contributed by atoms with E-state index in [9.17, 15) is 18.0 Å². The van der Waals surface area contributed by atoms with Crippen LogP contribution < -0.4 is 9.44 Å². The summed E-state index contributed by atoms with van der Waals surface area (Å²) >= 11 is 0. The van der Waals surface area contributed by atoms with Gasteiger partial charge in [0.15, 0.2) is 5.69 Å². The Morgan fingerprint density at radius 3 is 2.61 bits per heavy atom. The highest BCUT2D eigenvalue weighted by molar-refractivity contribution is 7.91. The number of amides is 1. The van der Waals surface area contributed by atoms with Gasteiger partial charge >= 0.3 is 22.3 Å². The van der Waals surface area contributed by atoms with Crippen LogP contribution in [-0.4, -0.2) is 37.7 Å². The summed E-state index contributed by atoms with van der Waals surface area (Å²) in [5.41, 5.74) is -0.340. The summed E-state index contributed by atoms with van der Waals surface area (Å²) in [7, 11) is -3.22. The van der Waals surface area contributed by atoms with Crippen molar-refractivity contribution in [2.24, 2.45) is 0 Å². The van der Waals surface area contributed by atoms with Gasteiger partial charge in [-0.3, -0.25) is 4.72 Å². The van der Waals surface area contributed by atoms with Crippen LogP contribution >= 0.6 is 0 Å². The van der Waals surface area contributed by atoms with E-state index in [0.717, 1.165) is 7.11 Å². The number of pyridine rings is 1. The number of carbonyl (C=O) groups excluding carboxylic acids is 1. The second-order valence-corrected chi connectivity index (χ2v) is 4.33. The van der Waals surface area contributed by atoms with Crippen LogP contribution in [0.5, 0.6) is 0 Å². The smallest absolute Gasteiger partial charge is 0.422 e. The molecule has 0 aliphatic heterocycles. The number of anilines is 1. The van der Waals surface area contributed by atoms with E-state index in [1.807, 2.05) is 4.72 Å². The summed E-state index contributed by atoms with van der Waals surface area (Å²) in [6.45, 7) is 0. The second-order valence-electron chi connectivity index (χ2n) is 2.91. The number of hydrogen-bond acceptors (Lipinski definition) is 6. The quantitative estimate of drug-likeness (QED) is 0.692. The summed E-state index contributed by atoms with van der Waals surface area (Å²) in [5, 5.41) is 8.66. The number of methoxy groups -OCH3 is 1. The van der Waals surface area contributed by atoms with E-state index in [4.69, 9.17) is 5.11 Å². The van der Waals surface area contributed by atoms with Crippen molar-refractivity contribution in [1.82, 2.24) is 9.71 Å². The first-order chi connectivity index (χ1) is 8.34. The zero-order valence-electron chi connectivity index (χ0n) is 9.08. The minimum absolute atomic E-state index is 0.244. The van der Waals surface area contributed by atoms with Crippen molar-refractivity contribution in [3.05, 3.63) is 23.9 Å². The van der Waals surface area contributed by atoms with Crippen LogP contribution in [0, 0.1) is 0 Å². The van der Waals surface area contributed by atoms with Crippen molar-refractivity contribution in [2.45, 2.75) is 0 Å². The molecule has 0 aliphatic carbocycles. The predicted molar refractivity (Wildman–Crippen MR) is 59.3 cm³/mol. The van der Waals surface area contributed by atoms with Gasteiger partial charge in [0.25, 0.3) is 0 Å². The fourth-order valence-corrected chi connectivity index (χ4v) is 1.67. The molecule has 1 aromatic rings. The maximum absolute atomic E-state index is 11.3. The molecule has 0 atom stereocenters. The van der Waals surface area contributed by atoms with Crippen LogP contribution in [-0.2, 0) is 14.9 Å². The number of aromatic carboxylic acids is 1. The molecule has 1 amide bonds. The minimum Gasteiger partial charge on any atom is -0.477 e. The maximum Gasteiger partial charge on any atom is 0.422 e. The van der Waals surface area contributed by atoms with Gasteiger partial charge in [-0.25, -0.2) is 19.3 Å². The number of aromatic nitrogens is 1. The molecule has 0 unspecified atom stereocenters. The van der Waals surface area contributed by atoms with E-state index < -0.39 is 22.3 Å². The number of ether oxygens (including phenoxy) is 1. The highest BCUT2D eigenvalue weighted by Crippen LogP contribution is 2.06. The van der Waals surface area contributed by atoms with E-state index >= 15 is 0 Å². The molecule has 0 saturated heterocycles. The number of hydrogen-bond donors (Lipinski definition) is 3. The molecule has 0 spiro atoms. The van der Waals surface area contributed by atoms with Crippen LogP contribution in [0.25, 0.3) is 0 Å². The van der Waals surface area contributed by atoms with Crippen LogP contribution in [0.4, 0.5) is 10.6 Å². The molecule has 18 heavy (non-hydrogen) atoms. The number of nitrogens with zero attached hydrogens (tertiary/aromatic N) is 1. The van der Waals surface area contributed by atoms with E-state index in [2.05, 4.69) is 9.72 Å². The van der Waals surface area contributed by atoms with Crippen LogP contribution in [0.2, 0.25) is 0 Å². The molecule has 10 heteroatoms. The van der Waals surface area contributed by atoms with Crippen molar-refractivity contribution in [3.63, 3.8) is 0 Å². The topological polar surface area (TPSA) is 135 Å². The zero-order chi connectivity index (χ0) is 13.8. The van der Waals surface area contributed by atoms with Crippen LogP contribution in [0.1, 0.15) is 10.5 Å². The molecule has 1 heterocycles. The summed E-state index contributed by atoms with van der Waals surface area (Å²) in [4.78, 5) is 24.8. The maximum atomic E-state index is 11.3. The lowest BCUT2D eigenvalue weighted by molar-refractivity contribution is 0.0690. The lowest BCUT2D eigenvalue weighted by Gasteiger charge is -2.07. The minimum atomic E-state index is -4.22. The average molecular weight is 275 g/mol. The Morgan fingerprint density at radius 2 is 2.06 bits per heavy atom. The molecule has 3 N–H and O–H groups in total. The Bertz CT molecular complexity index is 570. The number of carboxylic acid groups (broad SMARTS) is 1. The summed E-state index contributed by atoms with van der Waals surface area (Å²) in [6, 6.07) is 3.71. The van der Waals surface area contributed by atoms with Gasteiger partial charge in [0, 0.05) is 0 Å². The van der Waals surface area contributed by atoms with Crippen molar-refractivity contribution >= 4 is 28.1 Å². The van der Waals surface area contributed by atoms with Gasteiger partial charge in [0.1, 0.15) is 5.82 Å². The number of carbonyl (C=O) groups is 2. The Hall–Kier alpha value is -2.36. The largest absolute Gasteiger partial charge is 0.477 e. The van der Waals surface area contributed by atoms with Crippen LogP contribution in [0.15, 0.2) is 18.2 Å². The second kappa shape index (κ2) is 5.31. The fraction of sp³-hybridized carbons (Fsp3) is 0.125. The third kappa shape index (κ3) is 3.90. The molecule has 0 bridgehead atoms. The molecule has 1 rings (SSSR count). The molecule has 0 saturated carbocycles. The molecular formula is C8H9N3O6S. The van der Waals surface area contributed by atoms with E-state index in [1.54, 1.807) is 0 Å². The van der Waals surface area contributed by atoms with Crippen molar-refractivity contribution < 1.29 is 27.9 Å². The van der Waals surface area contributed by atoms with Crippen molar-refractivity contribution in [1.29, 1.82) is 0 Å². The van der Waals surface area contributed by atoms with E-state index in [1.165, 1.54) is 22.9 Å². The highest BCUT2D eigenvalue weighted by Gasteiger charge is 2.15. The highest BCUT2D eigenvalue weighted by atomic mass is 32.2. The summed E-state index contributed by atoms with van der Waals surface area (Å²) in [6.07, 6.45) is -1.18. The third-order valence-corrected chi connectivity index (χ3v) is 2.52. The average Bonchev–Trinajstić information content (AvgIpc) is 2.27. The molecule has 0 fully saturated rings. The SMILES string of the molecule is COC(=O)NS(=O)(=O)Nc1cccc(C(=O)O)n1. The standard InChI is InChI=1S/C8H9N3O6S/c1-17-8(14)11-18(15,16)10-6-4-2-3-5(9-6)7(12)13/h2-4H,1H3,(H,9,10)(H,11,14)(H,12,13). The molecule has 0 radical (unpaired) electrons. The molecule has 0 aliphatic rings. The van der Waals surface area contributed by atoms with Gasteiger partial charge in [0.05, 0.1) is 7.11 Å². The first-order valence-electron chi connectivity index (χ1n) is 4.43. The summed E-state index contributed by atoms with van der Waals surface area (Å²) < 4.78 is 30.2. The number of carboxylic acids is 1. The van der Waals surface area contributed by atoms with Gasteiger partial charge in [-0.05, 0) is 12.1 Å². The molecule has 98 valence electrons. The van der Waals surface area contributed by atoms with Gasteiger partial charge in [-0.1, -0.05) is 6.07 Å². The van der Waals surface area contributed by atoms with E-state index in [0.29, 0.717) is 0 Å². The van der Waals surface area contributed by atoms with Crippen LogP contribution in [0.3, 0.4) is 0 Å². The van der Waals surface area contributed by atoms with E-state index in [-0.39, 0.29) is 11.5 Å². The third-order valence-electron chi connectivity index (χ3n) is 1.61. The van der Waals surface area contributed by atoms with Gasteiger partial charge in [0.2, 0.25) is 0 Å². The monoisotopic (exact) mass is 275 g/mol. The predicted octanol–water partition coefficient (Wildman–Crippen LogP) is -0.208. The lowest BCUT2D eigenvalue weighted by atomic mass is 10.3. The Kier molecular flexibility index (Phi) is 4.05. The first kappa shape index (κ1) is 13.7. The molecule has 0 aromatic carbocycles. The fourth-order valence-electron chi connectivity index (χ4n) is 0.925. The molecule has 9 nitrogen and oxygen atoms in total. The first-order valence-corrected chi connectivity index (χ1v) is 5.91. The number of rotatable bonds is 4. The lowest BCUT2D eigenvalue weighted by Crippen LogP contribution is -2.35. The summed E-state index contributed by atoms with van der Waals surface area (Å²) in [5.74, 6) is -1.55. The molecule has 1 aromatic heterocycles. The molecular weight excluding hydrogens is 266 g/mol. The van der Waals surface area contributed by atoms with Crippen molar-refractivity contribution in [2.75, 3.05) is 11.8 Å². The van der Waals surface area contributed by atoms with Gasteiger partial charge in [-0.15, -0.1) is 0 Å². The number of nitrogens with one attached hydrogen (secondary N) is 2. The Balaban J connectivity index is 2.87. The Morgan fingerprint density at radius 1 is 1.39 bits per heavy atom. The Labute approximate surface area is 102 Å². The van der Waals surface area contributed by atoms with Gasteiger partial charge < -0.3 is 9.84 Å². The van der Waals surface area contributed by atoms with Gasteiger partial charge in [-0.2, -0.15) is 8.42 Å². The normalized spacial score (nSPS) is 10.5. The zero-order valence-corrected chi connectivity index (χ0v) is 9.89. The van der Waals surface area contributed by atoms with Crippen molar-refractivity contribution in [3.8, 4) is 0 Å².